The van der Waals surface area contributed by atoms with Gasteiger partial charge in [-0.15, -0.1) is 0 Å². The molecule has 2 aromatic heterocycles. The van der Waals surface area contributed by atoms with Crippen molar-refractivity contribution in [3.8, 4) is 22.3 Å². The Morgan fingerprint density at radius 2 is 0.757 bits per heavy atom. The lowest BCUT2D eigenvalue weighted by Crippen LogP contribution is -2.26. The van der Waals surface area contributed by atoms with E-state index in [4.69, 9.17) is 20.9 Å². The maximum atomic E-state index is 13.5. The molecule has 6 heterocycles. The molecule has 4 aliphatic heterocycles. The number of halogens is 2. The number of amides is 2. The Balaban J connectivity index is 0.000000159. The molecule has 0 fully saturated rings. The average molecular weight is 987 g/mol. The number of aromatic nitrogens is 2. The van der Waals surface area contributed by atoms with Gasteiger partial charge in [0.05, 0.1) is 0 Å². The zero-order chi connectivity index (χ0) is 52.2. The summed E-state index contributed by atoms with van der Waals surface area (Å²) in [5.74, 6) is 0.131. The van der Waals surface area contributed by atoms with Crippen LogP contribution in [0.4, 0.5) is 20.4 Å². The monoisotopic (exact) mass is 986 g/mol. The number of hydrogen-bond donors (Lipinski definition) is 4. The van der Waals surface area contributed by atoms with E-state index in [1.807, 2.05) is 82.3 Å². The Bertz CT molecular complexity index is 3630. The molecule has 372 valence electrons. The first-order chi connectivity index (χ1) is 35.2. The number of nitrogens with zero attached hydrogens (tertiary/aromatic N) is 2. The predicted octanol–water partition coefficient (Wildman–Crippen LogP) is 11.8. The lowest BCUT2D eigenvalue weighted by Gasteiger charge is -2.27. The van der Waals surface area contributed by atoms with Crippen LogP contribution >= 0.6 is 0 Å². The third-order valence-corrected chi connectivity index (χ3v) is 15.9. The second-order valence-corrected chi connectivity index (χ2v) is 20.6. The highest BCUT2D eigenvalue weighted by Crippen LogP contribution is 2.63. The van der Waals surface area contributed by atoms with Gasteiger partial charge in [0.25, 0.3) is 11.8 Å². The van der Waals surface area contributed by atoms with Crippen LogP contribution < -0.4 is 22.1 Å². The van der Waals surface area contributed by atoms with Gasteiger partial charge in [-0.3, -0.25) is 9.59 Å². The van der Waals surface area contributed by atoms with E-state index in [1.165, 1.54) is 24.3 Å². The van der Waals surface area contributed by atoms with Gasteiger partial charge in [-0.1, -0.05) is 60.7 Å². The van der Waals surface area contributed by atoms with Gasteiger partial charge in [-0.2, -0.15) is 0 Å². The molecule has 4 unspecified atom stereocenters. The van der Waals surface area contributed by atoms with Crippen molar-refractivity contribution in [2.75, 3.05) is 11.5 Å². The van der Waals surface area contributed by atoms with Gasteiger partial charge in [-0.05, 0) is 217 Å². The minimum atomic E-state index is -0.695. The number of hydrogen-bond acceptors (Lipinski definition) is 8. The number of anilines is 2. The standard InChI is InChI=1S/2C31H28FN3O2/c1-17-13-28(33)35-18(2)23(17)16-34-29(36)21-8-12-25-27(15-21)31(4)24-11-7-20(14-26(24)30(25,3)37-31)19-5-9-22(32)10-6-19;1-17-13-28(33)35-18(2)23(17)16-34-29(36)21-8-12-25-27(15-21)31(4)26-14-20(19-5-9-22(32)10-6-19)7-11-24(26)30(25,3)37-31/h2*5-15H,16H2,1-4H3,(H2,33,35)(H,34,36). The van der Waals surface area contributed by atoms with Crippen LogP contribution in [0.2, 0.25) is 0 Å². The molecule has 10 nitrogen and oxygen atoms in total. The SMILES string of the molecule is Cc1cc(N)nc(C)c1CNC(=O)c1ccc2c(c1)C1(C)OC2(C)c2cc(-c3ccc(F)cc3)ccc21.Cc1cc(N)nc(C)c1CNC(=O)c1ccc2c(c1)C1(C)OC2(C)c2ccc(-c3ccc(F)cc3)cc21. The predicted molar refractivity (Wildman–Crippen MR) is 283 cm³/mol. The molecule has 12 heteroatoms. The van der Waals surface area contributed by atoms with Gasteiger partial charge >= 0.3 is 0 Å². The second kappa shape index (κ2) is 17.3. The Hall–Kier alpha value is -8.06. The van der Waals surface area contributed by atoms with E-state index in [-0.39, 0.29) is 23.4 Å². The smallest absolute Gasteiger partial charge is 0.251 e. The summed E-state index contributed by atoms with van der Waals surface area (Å²) in [4.78, 5) is 35.0. The Labute approximate surface area is 429 Å². The van der Waals surface area contributed by atoms with Crippen LogP contribution in [0.5, 0.6) is 0 Å². The van der Waals surface area contributed by atoms with Crippen molar-refractivity contribution >= 4 is 23.5 Å². The van der Waals surface area contributed by atoms with Crippen molar-refractivity contribution < 1.29 is 27.8 Å². The molecule has 0 aliphatic carbocycles. The van der Waals surface area contributed by atoms with E-state index in [9.17, 15) is 18.4 Å². The van der Waals surface area contributed by atoms with Crippen LogP contribution in [0.25, 0.3) is 22.3 Å². The number of benzene rings is 6. The summed E-state index contributed by atoms with van der Waals surface area (Å²) in [6.45, 7) is 16.8. The lowest BCUT2D eigenvalue weighted by atomic mass is 9.72. The van der Waals surface area contributed by atoms with Gasteiger partial charge in [0.1, 0.15) is 45.7 Å². The van der Waals surface area contributed by atoms with E-state index in [2.05, 4.69) is 78.6 Å². The zero-order valence-corrected chi connectivity index (χ0v) is 42.6. The van der Waals surface area contributed by atoms with Crippen molar-refractivity contribution in [1.29, 1.82) is 0 Å². The molecule has 6 N–H and O–H groups in total. The van der Waals surface area contributed by atoms with Gasteiger partial charge < -0.3 is 31.6 Å². The fourth-order valence-corrected chi connectivity index (χ4v) is 12.0. The molecule has 0 saturated carbocycles. The largest absolute Gasteiger partial charge is 0.384 e. The molecule has 2 amide bonds. The Morgan fingerprint density at radius 1 is 0.446 bits per heavy atom. The fourth-order valence-electron chi connectivity index (χ4n) is 12.0. The topological polar surface area (TPSA) is 154 Å². The molecule has 4 aliphatic rings. The third-order valence-electron chi connectivity index (χ3n) is 15.9. The minimum Gasteiger partial charge on any atom is -0.384 e. The summed E-state index contributed by atoms with van der Waals surface area (Å²) in [6.07, 6.45) is 0. The summed E-state index contributed by atoms with van der Waals surface area (Å²) >= 11 is 0. The molecule has 8 aromatic rings. The van der Waals surface area contributed by atoms with E-state index >= 15 is 0 Å². The molecule has 0 radical (unpaired) electrons. The van der Waals surface area contributed by atoms with Crippen LogP contribution in [-0.2, 0) is 45.0 Å². The summed E-state index contributed by atoms with van der Waals surface area (Å²) in [7, 11) is 0. The van der Waals surface area contributed by atoms with Crippen molar-refractivity contribution in [3.05, 3.63) is 234 Å². The molecule has 0 saturated heterocycles. The average Bonchev–Trinajstić information content (AvgIpc) is 3.97. The number of carbonyl (C=O) groups is 2. The molecular formula is C62H56F2N6O4. The minimum absolute atomic E-state index is 0.151. The van der Waals surface area contributed by atoms with E-state index in [0.717, 1.165) is 100 Å². The van der Waals surface area contributed by atoms with Gasteiger partial charge in [-0.25, -0.2) is 18.7 Å². The van der Waals surface area contributed by atoms with Crippen molar-refractivity contribution in [2.24, 2.45) is 0 Å². The third kappa shape index (κ3) is 7.65. The van der Waals surface area contributed by atoms with E-state index < -0.39 is 22.4 Å². The quantitative estimate of drug-likeness (QED) is 0.117. The number of fused-ring (bicyclic) bond motifs is 16. The molecule has 12 rings (SSSR count). The van der Waals surface area contributed by atoms with E-state index in [0.29, 0.717) is 35.9 Å². The molecule has 74 heavy (non-hydrogen) atoms. The first kappa shape index (κ1) is 48.2. The number of ether oxygens (including phenoxy) is 2. The summed E-state index contributed by atoms with van der Waals surface area (Å²) in [5.41, 5.74) is 28.2. The first-order valence-electron chi connectivity index (χ1n) is 24.7. The maximum absolute atomic E-state index is 13.5. The highest BCUT2D eigenvalue weighted by atomic mass is 19.1. The number of aryl methyl sites for hydroxylation is 4. The van der Waals surface area contributed by atoms with Crippen LogP contribution in [0.1, 0.15) is 127 Å². The molecular weight excluding hydrogens is 931 g/mol. The number of carbonyl (C=O) groups excluding carboxylic acids is 2. The molecule has 4 bridgehead atoms. The number of rotatable bonds is 8. The van der Waals surface area contributed by atoms with Crippen LogP contribution in [0.3, 0.4) is 0 Å². The van der Waals surface area contributed by atoms with Crippen molar-refractivity contribution in [3.63, 3.8) is 0 Å². The van der Waals surface area contributed by atoms with Crippen LogP contribution in [-0.4, -0.2) is 21.8 Å². The molecule has 0 spiro atoms. The first-order valence-corrected chi connectivity index (χ1v) is 24.7. The summed E-state index contributed by atoms with van der Waals surface area (Å²) < 4.78 is 40.3. The fraction of sp³-hybridized carbons (Fsp3) is 0.226. The lowest BCUT2D eigenvalue weighted by molar-refractivity contribution is -0.0518. The van der Waals surface area contributed by atoms with E-state index in [1.54, 1.807) is 24.3 Å². The van der Waals surface area contributed by atoms with Crippen molar-refractivity contribution in [1.82, 2.24) is 20.6 Å². The number of nitrogen functional groups attached to an aromatic ring is 2. The highest BCUT2D eigenvalue weighted by Gasteiger charge is 2.59. The van der Waals surface area contributed by atoms with Gasteiger partial charge in [0.2, 0.25) is 0 Å². The normalized spacial score (nSPS) is 21.0. The Kier molecular flexibility index (Phi) is 11.3. The summed E-state index contributed by atoms with van der Waals surface area (Å²) in [5, 5.41) is 6.07. The number of nitrogens with one attached hydrogen (secondary N) is 2. The second-order valence-electron chi connectivity index (χ2n) is 20.6. The van der Waals surface area contributed by atoms with Gasteiger partial charge in [0.15, 0.2) is 0 Å². The molecule has 6 aromatic carbocycles. The van der Waals surface area contributed by atoms with Crippen LogP contribution in [0.15, 0.2) is 133 Å². The number of pyridine rings is 2. The van der Waals surface area contributed by atoms with Crippen LogP contribution in [0, 0.1) is 39.3 Å². The zero-order valence-electron chi connectivity index (χ0n) is 42.6. The highest BCUT2D eigenvalue weighted by molar-refractivity contribution is 5.95. The Morgan fingerprint density at radius 3 is 1.12 bits per heavy atom. The molecule has 4 atom stereocenters. The maximum Gasteiger partial charge on any atom is 0.251 e. The number of nitrogens with two attached hydrogens (primary N) is 2. The van der Waals surface area contributed by atoms with Crippen molar-refractivity contribution in [2.45, 2.75) is 90.9 Å². The summed E-state index contributed by atoms with van der Waals surface area (Å²) in [6, 6.07) is 40.9. The van der Waals surface area contributed by atoms with Gasteiger partial charge in [0, 0.05) is 35.6 Å².